The zero-order valence-electron chi connectivity index (χ0n) is 8.02. The number of thiazole rings is 1. The van der Waals surface area contributed by atoms with E-state index in [2.05, 4.69) is 4.98 Å². The van der Waals surface area contributed by atoms with Crippen molar-refractivity contribution in [2.75, 3.05) is 5.73 Å². The monoisotopic (exact) mass is 274 g/mol. The number of nitrogen functional groups attached to an aromatic ring is 1. The Morgan fingerprint density at radius 3 is 2.38 bits per heavy atom. The molecule has 6 heteroatoms. The first-order valence-corrected chi connectivity index (χ1v) is 5.99. The number of nitrogens with two attached hydrogens (primary N) is 1. The maximum absolute atomic E-state index is 10.1. The maximum Gasteiger partial charge on any atom is 0.180 e. The van der Waals surface area contributed by atoms with Crippen LogP contribution >= 0.6 is 34.5 Å². The van der Waals surface area contributed by atoms with Gasteiger partial charge in [-0.1, -0.05) is 34.5 Å². The Bertz CT molecular complexity index is 495. The fourth-order valence-corrected chi connectivity index (χ4v) is 2.57. The van der Waals surface area contributed by atoms with Crippen LogP contribution < -0.4 is 5.73 Å². The van der Waals surface area contributed by atoms with Gasteiger partial charge in [-0.05, 0) is 23.8 Å². The molecule has 2 rings (SSSR count). The Labute approximate surface area is 106 Å². The topological polar surface area (TPSA) is 59.1 Å². The number of anilines is 1. The van der Waals surface area contributed by atoms with E-state index in [0.29, 0.717) is 25.6 Å². The number of rotatable bonds is 2. The van der Waals surface area contributed by atoms with Crippen molar-refractivity contribution in [3.8, 4) is 0 Å². The summed E-state index contributed by atoms with van der Waals surface area (Å²) >= 11 is 12.9. The summed E-state index contributed by atoms with van der Waals surface area (Å²) in [6.45, 7) is 0. The molecule has 0 saturated heterocycles. The highest BCUT2D eigenvalue weighted by Crippen LogP contribution is 2.31. The molecule has 2 aromatic rings. The van der Waals surface area contributed by atoms with Crippen LogP contribution in [0.5, 0.6) is 0 Å². The Hall–Kier alpha value is -0.810. The second kappa shape index (κ2) is 4.59. The number of benzene rings is 1. The molecule has 3 nitrogen and oxygen atoms in total. The fraction of sp³-hybridized carbons (Fsp3) is 0.100. The molecule has 1 atom stereocenters. The summed E-state index contributed by atoms with van der Waals surface area (Å²) in [5.41, 5.74) is 6.12. The van der Waals surface area contributed by atoms with Gasteiger partial charge in [-0.2, -0.15) is 0 Å². The standard InChI is InChI=1S/C10H8Cl2N2OS/c11-6-1-5(2-7(12)3-6)9(15)8-4-14-10(13)16-8/h1-4,9,15H,(H2,13,14). The second-order valence-electron chi connectivity index (χ2n) is 3.21. The van der Waals surface area contributed by atoms with Crippen molar-refractivity contribution >= 4 is 39.7 Å². The van der Waals surface area contributed by atoms with Gasteiger partial charge >= 0.3 is 0 Å². The van der Waals surface area contributed by atoms with Gasteiger partial charge in [0.25, 0.3) is 0 Å². The summed E-state index contributed by atoms with van der Waals surface area (Å²) in [5, 5.41) is 11.4. The summed E-state index contributed by atoms with van der Waals surface area (Å²) in [5.74, 6) is 0. The molecule has 0 aliphatic carbocycles. The number of aromatic nitrogens is 1. The van der Waals surface area contributed by atoms with Crippen LogP contribution in [0.3, 0.4) is 0 Å². The zero-order chi connectivity index (χ0) is 11.7. The third-order valence-electron chi connectivity index (χ3n) is 2.01. The van der Waals surface area contributed by atoms with Crippen molar-refractivity contribution in [3.05, 3.63) is 44.9 Å². The average molecular weight is 275 g/mol. The summed E-state index contributed by atoms with van der Waals surface area (Å²) < 4.78 is 0. The highest BCUT2D eigenvalue weighted by atomic mass is 35.5. The van der Waals surface area contributed by atoms with Gasteiger partial charge in [0.15, 0.2) is 5.13 Å². The fourth-order valence-electron chi connectivity index (χ4n) is 1.32. The van der Waals surface area contributed by atoms with E-state index in [1.165, 1.54) is 11.3 Å². The Kier molecular flexibility index (Phi) is 3.35. The number of aliphatic hydroxyl groups is 1. The third kappa shape index (κ3) is 2.47. The molecule has 3 N–H and O–H groups in total. The Morgan fingerprint density at radius 2 is 1.88 bits per heavy atom. The van der Waals surface area contributed by atoms with Gasteiger partial charge in [0.1, 0.15) is 6.10 Å². The molecule has 16 heavy (non-hydrogen) atoms. The molecule has 0 saturated carbocycles. The number of hydrogen-bond acceptors (Lipinski definition) is 4. The van der Waals surface area contributed by atoms with Gasteiger partial charge in [-0.15, -0.1) is 0 Å². The molecule has 1 heterocycles. The molecular weight excluding hydrogens is 267 g/mol. The lowest BCUT2D eigenvalue weighted by molar-refractivity contribution is 0.224. The molecule has 0 radical (unpaired) electrons. The van der Waals surface area contributed by atoms with E-state index in [4.69, 9.17) is 28.9 Å². The van der Waals surface area contributed by atoms with Crippen molar-refractivity contribution in [1.82, 2.24) is 4.98 Å². The van der Waals surface area contributed by atoms with Gasteiger partial charge < -0.3 is 10.8 Å². The van der Waals surface area contributed by atoms with Crippen LogP contribution in [0, 0.1) is 0 Å². The molecule has 0 fully saturated rings. The number of aliphatic hydroxyl groups excluding tert-OH is 1. The average Bonchev–Trinajstić information content (AvgIpc) is 2.62. The molecular formula is C10H8Cl2N2OS. The van der Waals surface area contributed by atoms with Crippen molar-refractivity contribution in [2.45, 2.75) is 6.10 Å². The van der Waals surface area contributed by atoms with Crippen molar-refractivity contribution in [2.24, 2.45) is 0 Å². The Morgan fingerprint density at radius 1 is 1.25 bits per heavy atom. The molecule has 1 aromatic carbocycles. The highest BCUT2D eigenvalue weighted by molar-refractivity contribution is 7.15. The minimum absolute atomic E-state index is 0.419. The van der Waals surface area contributed by atoms with Crippen molar-refractivity contribution < 1.29 is 5.11 Å². The summed E-state index contributed by atoms with van der Waals surface area (Å²) in [6, 6.07) is 4.93. The molecule has 1 aromatic heterocycles. The predicted molar refractivity (Wildman–Crippen MR) is 67.1 cm³/mol. The Balaban J connectivity index is 2.37. The van der Waals surface area contributed by atoms with Crippen LogP contribution in [0.2, 0.25) is 10.0 Å². The van der Waals surface area contributed by atoms with Crippen LogP contribution in [0.15, 0.2) is 24.4 Å². The third-order valence-corrected chi connectivity index (χ3v) is 3.33. The van der Waals surface area contributed by atoms with E-state index in [1.807, 2.05) is 0 Å². The summed E-state index contributed by atoms with van der Waals surface area (Å²) in [4.78, 5) is 4.54. The van der Waals surface area contributed by atoms with Gasteiger partial charge in [-0.3, -0.25) is 0 Å². The van der Waals surface area contributed by atoms with E-state index in [-0.39, 0.29) is 0 Å². The van der Waals surface area contributed by atoms with Crippen LogP contribution in [-0.2, 0) is 0 Å². The molecule has 0 amide bonds. The number of nitrogens with zero attached hydrogens (tertiary/aromatic N) is 1. The molecule has 1 unspecified atom stereocenters. The normalized spacial score (nSPS) is 12.7. The zero-order valence-corrected chi connectivity index (χ0v) is 10.4. The van der Waals surface area contributed by atoms with E-state index in [9.17, 15) is 5.11 Å². The smallest absolute Gasteiger partial charge is 0.180 e. The predicted octanol–water partition coefficient (Wildman–Crippen LogP) is 3.11. The van der Waals surface area contributed by atoms with Crippen molar-refractivity contribution in [3.63, 3.8) is 0 Å². The lowest BCUT2D eigenvalue weighted by Gasteiger charge is -2.09. The van der Waals surface area contributed by atoms with Crippen LogP contribution in [0.25, 0.3) is 0 Å². The minimum atomic E-state index is -0.800. The van der Waals surface area contributed by atoms with E-state index in [0.717, 1.165) is 0 Å². The van der Waals surface area contributed by atoms with E-state index < -0.39 is 6.10 Å². The summed E-state index contributed by atoms with van der Waals surface area (Å²) in [6.07, 6.45) is 0.741. The number of hydrogen-bond donors (Lipinski definition) is 2. The van der Waals surface area contributed by atoms with Crippen LogP contribution in [0.4, 0.5) is 5.13 Å². The second-order valence-corrected chi connectivity index (χ2v) is 5.17. The first-order chi connectivity index (χ1) is 7.56. The van der Waals surface area contributed by atoms with Crippen molar-refractivity contribution in [1.29, 1.82) is 0 Å². The SMILES string of the molecule is Nc1ncc(C(O)c2cc(Cl)cc(Cl)c2)s1. The first-order valence-electron chi connectivity index (χ1n) is 4.41. The van der Waals surface area contributed by atoms with Gasteiger partial charge in [0.05, 0.1) is 4.88 Å². The lowest BCUT2D eigenvalue weighted by atomic mass is 10.1. The first kappa shape index (κ1) is 11.7. The lowest BCUT2D eigenvalue weighted by Crippen LogP contribution is -1.96. The molecule has 0 bridgehead atoms. The molecule has 84 valence electrons. The van der Waals surface area contributed by atoms with Crippen LogP contribution in [0.1, 0.15) is 16.5 Å². The van der Waals surface area contributed by atoms with Crippen LogP contribution in [-0.4, -0.2) is 10.1 Å². The molecule has 0 spiro atoms. The molecule has 0 aliphatic rings. The molecule has 0 aliphatic heterocycles. The van der Waals surface area contributed by atoms with E-state index in [1.54, 1.807) is 24.4 Å². The van der Waals surface area contributed by atoms with Gasteiger partial charge in [-0.25, -0.2) is 4.98 Å². The van der Waals surface area contributed by atoms with Gasteiger partial charge in [0, 0.05) is 16.2 Å². The quantitative estimate of drug-likeness (QED) is 0.885. The number of halogens is 2. The largest absolute Gasteiger partial charge is 0.383 e. The maximum atomic E-state index is 10.1. The van der Waals surface area contributed by atoms with E-state index >= 15 is 0 Å². The summed E-state index contributed by atoms with van der Waals surface area (Å²) in [7, 11) is 0. The minimum Gasteiger partial charge on any atom is -0.383 e. The van der Waals surface area contributed by atoms with Gasteiger partial charge in [0.2, 0.25) is 0 Å². The highest BCUT2D eigenvalue weighted by Gasteiger charge is 2.14.